The van der Waals surface area contributed by atoms with Gasteiger partial charge in [0.05, 0.1) is 0 Å². The Morgan fingerprint density at radius 1 is 0.960 bits per heavy atom. The standard InChI is InChI=1S/C21H28N2O2/c1-21(2,3)25-20(24)23-18-12-10-17(11-13-18)22-19-9-8-15-6-4-5-7-16(15)14-19/h4-9,14,17-18,22H,10-13H2,1-3H3,(H,23,24). The van der Waals surface area contributed by atoms with Gasteiger partial charge in [-0.25, -0.2) is 4.79 Å². The summed E-state index contributed by atoms with van der Waals surface area (Å²) in [6.45, 7) is 5.66. The second-order valence-corrected chi connectivity index (χ2v) is 7.90. The third-order valence-electron chi connectivity index (χ3n) is 4.57. The van der Waals surface area contributed by atoms with Crippen molar-refractivity contribution in [3.8, 4) is 0 Å². The Balaban J connectivity index is 1.49. The van der Waals surface area contributed by atoms with Gasteiger partial charge in [0.25, 0.3) is 0 Å². The van der Waals surface area contributed by atoms with E-state index in [0.717, 1.165) is 25.7 Å². The van der Waals surface area contributed by atoms with Crippen LogP contribution in [0.25, 0.3) is 10.8 Å². The predicted molar refractivity (Wildman–Crippen MR) is 103 cm³/mol. The summed E-state index contributed by atoms with van der Waals surface area (Å²) in [5, 5.41) is 9.16. The molecule has 1 fully saturated rings. The summed E-state index contributed by atoms with van der Waals surface area (Å²) in [5.74, 6) is 0. The van der Waals surface area contributed by atoms with Crippen LogP contribution in [0.15, 0.2) is 42.5 Å². The summed E-state index contributed by atoms with van der Waals surface area (Å²) in [6, 6.07) is 15.6. The van der Waals surface area contributed by atoms with E-state index in [4.69, 9.17) is 4.74 Å². The molecule has 0 saturated heterocycles. The van der Waals surface area contributed by atoms with E-state index in [-0.39, 0.29) is 12.1 Å². The molecule has 1 saturated carbocycles. The second kappa shape index (κ2) is 7.34. The number of rotatable bonds is 3. The van der Waals surface area contributed by atoms with E-state index >= 15 is 0 Å². The minimum Gasteiger partial charge on any atom is -0.444 e. The highest BCUT2D eigenvalue weighted by atomic mass is 16.6. The van der Waals surface area contributed by atoms with Gasteiger partial charge in [0.2, 0.25) is 0 Å². The van der Waals surface area contributed by atoms with E-state index in [1.54, 1.807) is 0 Å². The number of carbonyl (C=O) groups excluding carboxylic acids is 1. The molecule has 0 aromatic heterocycles. The molecule has 1 aliphatic rings. The molecule has 2 N–H and O–H groups in total. The van der Waals surface area contributed by atoms with Crippen LogP contribution in [0.4, 0.5) is 10.5 Å². The van der Waals surface area contributed by atoms with Crippen molar-refractivity contribution >= 4 is 22.6 Å². The van der Waals surface area contributed by atoms with E-state index in [2.05, 4.69) is 53.1 Å². The zero-order valence-corrected chi connectivity index (χ0v) is 15.3. The maximum atomic E-state index is 11.9. The molecule has 4 nitrogen and oxygen atoms in total. The number of hydrogen-bond donors (Lipinski definition) is 2. The summed E-state index contributed by atoms with van der Waals surface area (Å²) < 4.78 is 5.34. The van der Waals surface area contributed by atoms with Gasteiger partial charge in [-0.2, -0.15) is 0 Å². The fourth-order valence-electron chi connectivity index (χ4n) is 3.37. The van der Waals surface area contributed by atoms with Crippen molar-refractivity contribution in [3.05, 3.63) is 42.5 Å². The molecule has 0 unspecified atom stereocenters. The average Bonchev–Trinajstić information content (AvgIpc) is 2.55. The first kappa shape index (κ1) is 17.6. The average molecular weight is 340 g/mol. The number of ether oxygens (including phenoxy) is 1. The molecule has 1 amide bonds. The lowest BCUT2D eigenvalue weighted by Crippen LogP contribution is -2.42. The quantitative estimate of drug-likeness (QED) is 0.818. The Bertz CT molecular complexity index is 728. The summed E-state index contributed by atoms with van der Waals surface area (Å²) in [4.78, 5) is 11.9. The number of anilines is 1. The Morgan fingerprint density at radius 3 is 2.28 bits per heavy atom. The van der Waals surface area contributed by atoms with Gasteiger partial charge in [0.1, 0.15) is 5.60 Å². The molecule has 0 atom stereocenters. The molecule has 25 heavy (non-hydrogen) atoms. The van der Waals surface area contributed by atoms with Crippen LogP contribution in [-0.2, 0) is 4.74 Å². The Labute approximate surface area is 149 Å². The number of fused-ring (bicyclic) bond motifs is 1. The first-order chi connectivity index (χ1) is 11.9. The molecular weight excluding hydrogens is 312 g/mol. The van der Waals surface area contributed by atoms with Gasteiger partial charge >= 0.3 is 6.09 Å². The van der Waals surface area contributed by atoms with E-state index < -0.39 is 5.60 Å². The van der Waals surface area contributed by atoms with Gasteiger partial charge in [-0.05, 0) is 69.4 Å². The topological polar surface area (TPSA) is 50.4 Å². The normalized spacial score (nSPS) is 20.9. The molecule has 0 radical (unpaired) electrons. The monoisotopic (exact) mass is 340 g/mol. The summed E-state index contributed by atoms with van der Waals surface area (Å²) in [5.41, 5.74) is 0.723. The van der Waals surface area contributed by atoms with Crippen molar-refractivity contribution in [1.29, 1.82) is 0 Å². The van der Waals surface area contributed by atoms with Crippen molar-refractivity contribution < 1.29 is 9.53 Å². The summed E-state index contributed by atoms with van der Waals surface area (Å²) >= 11 is 0. The Morgan fingerprint density at radius 2 is 1.60 bits per heavy atom. The number of alkyl carbamates (subject to hydrolysis) is 1. The highest BCUT2D eigenvalue weighted by molar-refractivity contribution is 5.85. The molecule has 4 heteroatoms. The largest absolute Gasteiger partial charge is 0.444 e. The molecule has 0 spiro atoms. The van der Waals surface area contributed by atoms with Crippen LogP contribution in [0.2, 0.25) is 0 Å². The first-order valence-electron chi connectivity index (χ1n) is 9.14. The fraction of sp³-hybridized carbons (Fsp3) is 0.476. The minimum absolute atomic E-state index is 0.213. The summed E-state index contributed by atoms with van der Waals surface area (Å²) in [7, 11) is 0. The molecule has 2 aromatic rings. The van der Waals surface area contributed by atoms with Crippen LogP contribution in [0, 0.1) is 0 Å². The lowest BCUT2D eigenvalue weighted by atomic mass is 9.91. The van der Waals surface area contributed by atoms with Crippen LogP contribution < -0.4 is 10.6 Å². The van der Waals surface area contributed by atoms with Crippen LogP contribution in [0.1, 0.15) is 46.5 Å². The highest BCUT2D eigenvalue weighted by Crippen LogP contribution is 2.25. The van der Waals surface area contributed by atoms with E-state index in [9.17, 15) is 4.79 Å². The van der Waals surface area contributed by atoms with Crippen molar-refractivity contribution in [3.63, 3.8) is 0 Å². The zero-order valence-electron chi connectivity index (χ0n) is 15.3. The molecule has 0 bridgehead atoms. The van der Waals surface area contributed by atoms with Gasteiger partial charge in [-0.1, -0.05) is 30.3 Å². The molecule has 0 aliphatic heterocycles. The first-order valence-corrected chi connectivity index (χ1v) is 9.14. The minimum atomic E-state index is -0.446. The van der Waals surface area contributed by atoms with Crippen LogP contribution in [0.3, 0.4) is 0 Å². The van der Waals surface area contributed by atoms with Gasteiger partial charge in [0.15, 0.2) is 0 Å². The molecule has 2 aromatic carbocycles. The van der Waals surface area contributed by atoms with Crippen LogP contribution >= 0.6 is 0 Å². The highest BCUT2D eigenvalue weighted by Gasteiger charge is 2.24. The smallest absolute Gasteiger partial charge is 0.407 e. The SMILES string of the molecule is CC(C)(C)OC(=O)NC1CCC(Nc2ccc3ccccc3c2)CC1. The Hall–Kier alpha value is -2.23. The van der Waals surface area contributed by atoms with Crippen molar-refractivity contribution in [2.24, 2.45) is 0 Å². The van der Waals surface area contributed by atoms with Gasteiger partial charge in [-0.3, -0.25) is 0 Å². The second-order valence-electron chi connectivity index (χ2n) is 7.90. The van der Waals surface area contributed by atoms with Crippen molar-refractivity contribution in [2.45, 2.75) is 64.1 Å². The number of amides is 1. The number of benzene rings is 2. The predicted octanol–water partition coefficient (Wildman–Crippen LogP) is 5.09. The number of hydrogen-bond acceptors (Lipinski definition) is 3. The van der Waals surface area contributed by atoms with Crippen molar-refractivity contribution in [2.75, 3.05) is 5.32 Å². The zero-order chi connectivity index (χ0) is 17.9. The number of nitrogens with one attached hydrogen (secondary N) is 2. The number of carbonyl (C=O) groups is 1. The molecular formula is C21H28N2O2. The van der Waals surface area contributed by atoms with E-state index in [1.165, 1.54) is 16.5 Å². The summed E-state index contributed by atoms with van der Waals surface area (Å²) in [6.07, 6.45) is 3.74. The molecule has 0 heterocycles. The maximum absolute atomic E-state index is 11.9. The van der Waals surface area contributed by atoms with Crippen molar-refractivity contribution in [1.82, 2.24) is 5.32 Å². The van der Waals surface area contributed by atoms with Crippen LogP contribution in [0.5, 0.6) is 0 Å². The molecule has 1 aliphatic carbocycles. The van der Waals surface area contributed by atoms with Crippen LogP contribution in [-0.4, -0.2) is 23.8 Å². The lowest BCUT2D eigenvalue weighted by Gasteiger charge is -2.31. The van der Waals surface area contributed by atoms with E-state index in [1.807, 2.05) is 20.8 Å². The van der Waals surface area contributed by atoms with Gasteiger partial charge < -0.3 is 15.4 Å². The molecule has 134 valence electrons. The third kappa shape index (κ3) is 5.12. The lowest BCUT2D eigenvalue weighted by molar-refractivity contribution is 0.0492. The van der Waals surface area contributed by atoms with Gasteiger partial charge in [-0.15, -0.1) is 0 Å². The molecule has 3 rings (SSSR count). The Kier molecular flexibility index (Phi) is 5.16. The maximum Gasteiger partial charge on any atom is 0.407 e. The fourth-order valence-corrected chi connectivity index (χ4v) is 3.37. The van der Waals surface area contributed by atoms with E-state index in [0.29, 0.717) is 6.04 Å². The van der Waals surface area contributed by atoms with Gasteiger partial charge in [0, 0.05) is 17.8 Å². The third-order valence-corrected chi connectivity index (χ3v) is 4.57.